The van der Waals surface area contributed by atoms with Crippen LogP contribution in [-0.4, -0.2) is 69.3 Å². The number of rotatable bonds is 11. The van der Waals surface area contributed by atoms with Crippen LogP contribution in [0.15, 0.2) is 0 Å². The fraction of sp³-hybridized carbons (Fsp3) is 0.833. The molecule has 118 valence electrons. The van der Waals surface area contributed by atoms with Gasteiger partial charge in [-0.25, -0.2) is 0 Å². The summed E-state index contributed by atoms with van der Waals surface area (Å²) < 4.78 is 0. The van der Waals surface area contributed by atoms with E-state index in [1.165, 1.54) is 0 Å². The predicted octanol–water partition coefficient (Wildman–Crippen LogP) is -2.87. The Morgan fingerprint density at radius 2 is 1.75 bits per heavy atom. The molecule has 0 aliphatic rings. The van der Waals surface area contributed by atoms with Crippen LogP contribution < -0.4 is 27.0 Å². The number of nitrogens with two attached hydrogens (primary N) is 1. The zero-order valence-electron chi connectivity index (χ0n) is 12.2. The molecule has 0 aliphatic carbocycles. The second-order valence-electron chi connectivity index (χ2n) is 4.49. The lowest BCUT2D eigenvalue weighted by molar-refractivity contribution is -0.130. The number of hydrogen-bond donors (Lipinski definition) is 6. The van der Waals surface area contributed by atoms with Crippen molar-refractivity contribution in [1.82, 2.24) is 21.3 Å². The van der Waals surface area contributed by atoms with Crippen molar-refractivity contribution >= 4 is 11.8 Å². The fourth-order valence-electron chi connectivity index (χ4n) is 1.54. The Balaban J connectivity index is 4.12. The van der Waals surface area contributed by atoms with Gasteiger partial charge in [-0.15, -0.1) is 0 Å². The minimum absolute atomic E-state index is 0.418. The van der Waals surface area contributed by atoms with Crippen molar-refractivity contribution in [3.05, 3.63) is 0 Å². The van der Waals surface area contributed by atoms with Gasteiger partial charge in [0.25, 0.3) is 0 Å². The van der Waals surface area contributed by atoms with Crippen LogP contribution >= 0.6 is 0 Å². The van der Waals surface area contributed by atoms with E-state index in [0.717, 1.165) is 13.0 Å². The highest BCUT2D eigenvalue weighted by molar-refractivity contribution is 5.89. The van der Waals surface area contributed by atoms with E-state index in [-0.39, 0.29) is 0 Å². The summed E-state index contributed by atoms with van der Waals surface area (Å²) in [6, 6.07) is -1.64. The number of hydrogen-bond acceptors (Lipinski definition) is 6. The molecule has 8 nitrogen and oxygen atoms in total. The van der Waals surface area contributed by atoms with Gasteiger partial charge in [-0.1, -0.05) is 0 Å². The summed E-state index contributed by atoms with van der Waals surface area (Å²) >= 11 is 0. The maximum absolute atomic E-state index is 11.8. The third-order valence-electron chi connectivity index (χ3n) is 2.77. The van der Waals surface area contributed by atoms with E-state index in [9.17, 15) is 9.59 Å². The number of nitrogens with one attached hydrogen (secondary N) is 4. The Morgan fingerprint density at radius 3 is 2.30 bits per heavy atom. The molecule has 2 amide bonds. The van der Waals surface area contributed by atoms with Crippen LogP contribution in [0, 0.1) is 0 Å². The molecule has 0 fully saturated rings. The Kier molecular flexibility index (Phi) is 10.9. The van der Waals surface area contributed by atoms with Gasteiger partial charge in [-0.2, -0.15) is 0 Å². The van der Waals surface area contributed by atoms with Crippen molar-refractivity contribution in [2.45, 2.75) is 24.9 Å². The second-order valence-corrected chi connectivity index (χ2v) is 4.49. The molecule has 0 aliphatic heterocycles. The minimum Gasteiger partial charge on any atom is -0.394 e. The molecule has 0 aromatic carbocycles. The van der Waals surface area contributed by atoms with Crippen molar-refractivity contribution in [3.63, 3.8) is 0 Å². The highest BCUT2D eigenvalue weighted by atomic mass is 16.3. The summed E-state index contributed by atoms with van der Waals surface area (Å²) in [5.74, 6) is -0.845. The van der Waals surface area contributed by atoms with Crippen molar-refractivity contribution in [2.75, 3.05) is 40.3 Å². The molecule has 0 bridgehead atoms. The molecule has 7 N–H and O–H groups in total. The zero-order chi connectivity index (χ0) is 15.4. The molecule has 20 heavy (non-hydrogen) atoms. The summed E-state index contributed by atoms with van der Waals surface area (Å²) in [5.41, 5.74) is 5.72. The number of carbonyl (C=O) groups excluding carboxylic acids is 2. The molecule has 0 spiro atoms. The molecule has 2 atom stereocenters. The Bertz CT molecular complexity index is 288. The van der Waals surface area contributed by atoms with Gasteiger partial charge in [0.2, 0.25) is 11.8 Å². The van der Waals surface area contributed by atoms with Gasteiger partial charge in [0.15, 0.2) is 0 Å². The molecule has 0 radical (unpaired) electrons. The molecule has 0 saturated carbocycles. The first kappa shape index (κ1) is 18.8. The van der Waals surface area contributed by atoms with Crippen molar-refractivity contribution in [1.29, 1.82) is 0 Å². The van der Waals surface area contributed by atoms with E-state index in [1.807, 2.05) is 7.05 Å². The summed E-state index contributed by atoms with van der Waals surface area (Å²) in [6.45, 7) is 1.35. The van der Waals surface area contributed by atoms with Gasteiger partial charge in [-0.3, -0.25) is 9.59 Å². The summed E-state index contributed by atoms with van der Waals surface area (Å²) in [6.07, 6.45) is 1.29. The van der Waals surface area contributed by atoms with E-state index < -0.39 is 30.5 Å². The zero-order valence-corrected chi connectivity index (χ0v) is 12.2. The molecule has 0 unspecified atom stereocenters. The van der Waals surface area contributed by atoms with E-state index in [4.69, 9.17) is 10.8 Å². The maximum Gasteiger partial charge on any atom is 0.245 e. The number of likely N-dealkylation sites (N-methyl/N-ethyl adjacent to an activating group) is 1. The SMILES string of the molecule is CNCCC[C@H](N)C(=O)N[C@@H](CO)C(=O)NCCNC. The monoisotopic (exact) mass is 289 g/mol. The predicted molar refractivity (Wildman–Crippen MR) is 77.1 cm³/mol. The molecule has 0 rings (SSSR count). The first-order valence-electron chi connectivity index (χ1n) is 6.80. The van der Waals surface area contributed by atoms with Crippen LogP contribution in [0.1, 0.15) is 12.8 Å². The molecule has 0 heterocycles. The average molecular weight is 289 g/mol. The van der Waals surface area contributed by atoms with Crippen LogP contribution in [0.2, 0.25) is 0 Å². The number of carbonyl (C=O) groups is 2. The Hall–Kier alpha value is -1.22. The van der Waals surface area contributed by atoms with Gasteiger partial charge >= 0.3 is 0 Å². The van der Waals surface area contributed by atoms with Crippen molar-refractivity contribution in [3.8, 4) is 0 Å². The summed E-state index contributed by atoms with van der Waals surface area (Å²) in [5, 5.41) is 20.1. The normalized spacial score (nSPS) is 13.6. The highest BCUT2D eigenvalue weighted by Crippen LogP contribution is 1.95. The molecular formula is C12H27N5O3. The third kappa shape index (κ3) is 8.05. The largest absolute Gasteiger partial charge is 0.394 e. The highest BCUT2D eigenvalue weighted by Gasteiger charge is 2.22. The second kappa shape index (κ2) is 11.6. The van der Waals surface area contributed by atoms with E-state index in [2.05, 4.69) is 21.3 Å². The van der Waals surface area contributed by atoms with Gasteiger partial charge in [-0.05, 0) is 33.5 Å². The van der Waals surface area contributed by atoms with E-state index >= 15 is 0 Å². The number of amides is 2. The van der Waals surface area contributed by atoms with Gasteiger partial charge in [0.1, 0.15) is 6.04 Å². The molecule has 0 aromatic heterocycles. The Labute approximate surface area is 119 Å². The van der Waals surface area contributed by atoms with Crippen LogP contribution in [0.5, 0.6) is 0 Å². The molecule has 0 aromatic rings. The topological polar surface area (TPSA) is 129 Å². The van der Waals surface area contributed by atoms with Crippen molar-refractivity contribution in [2.24, 2.45) is 5.73 Å². The van der Waals surface area contributed by atoms with E-state index in [1.54, 1.807) is 7.05 Å². The number of aliphatic hydroxyl groups is 1. The standard InChI is InChI=1S/C12H27N5O3/c1-14-5-3-4-9(13)11(19)17-10(8-18)12(20)16-7-6-15-2/h9-10,14-15,18H,3-8,13H2,1-2H3,(H,16,20)(H,17,19)/t9-,10-/m0/s1. The van der Waals surface area contributed by atoms with Crippen LogP contribution in [-0.2, 0) is 9.59 Å². The summed E-state index contributed by atoms with van der Waals surface area (Å²) in [4.78, 5) is 23.5. The number of aliphatic hydroxyl groups excluding tert-OH is 1. The lowest BCUT2D eigenvalue weighted by Crippen LogP contribution is -2.53. The molecule has 0 saturated heterocycles. The molecule has 8 heteroatoms. The van der Waals surface area contributed by atoms with Gasteiger partial charge < -0.3 is 32.1 Å². The van der Waals surface area contributed by atoms with Crippen LogP contribution in [0.25, 0.3) is 0 Å². The fourth-order valence-corrected chi connectivity index (χ4v) is 1.54. The smallest absolute Gasteiger partial charge is 0.245 e. The quantitative estimate of drug-likeness (QED) is 0.227. The van der Waals surface area contributed by atoms with Gasteiger partial charge in [0, 0.05) is 13.1 Å². The average Bonchev–Trinajstić information content (AvgIpc) is 2.44. The third-order valence-corrected chi connectivity index (χ3v) is 2.77. The lowest BCUT2D eigenvalue weighted by Gasteiger charge is -2.19. The van der Waals surface area contributed by atoms with Crippen molar-refractivity contribution < 1.29 is 14.7 Å². The molecular weight excluding hydrogens is 262 g/mol. The Morgan fingerprint density at radius 1 is 1.10 bits per heavy atom. The lowest BCUT2D eigenvalue weighted by atomic mass is 10.1. The first-order chi connectivity index (χ1) is 9.56. The maximum atomic E-state index is 11.8. The van der Waals surface area contributed by atoms with Gasteiger partial charge in [0.05, 0.1) is 12.6 Å². The minimum atomic E-state index is -0.963. The van der Waals surface area contributed by atoms with E-state index in [0.29, 0.717) is 19.5 Å². The van der Waals surface area contributed by atoms with Crippen LogP contribution in [0.4, 0.5) is 0 Å². The summed E-state index contributed by atoms with van der Waals surface area (Å²) in [7, 11) is 3.59. The first-order valence-corrected chi connectivity index (χ1v) is 6.80. The van der Waals surface area contributed by atoms with Crippen LogP contribution in [0.3, 0.4) is 0 Å².